The number of hydrogen-bond acceptors (Lipinski definition) is 5. The fourth-order valence-corrected chi connectivity index (χ4v) is 4.34. The van der Waals surface area contributed by atoms with Gasteiger partial charge < -0.3 is 19.2 Å². The number of phenolic OH excluding ortho intramolecular Hbond substituents is 1. The first-order chi connectivity index (χ1) is 16.5. The van der Waals surface area contributed by atoms with E-state index in [0.717, 1.165) is 23.3 Å². The molecular formula is C27H27N3O4. The van der Waals surface area contributed by atoms with Crippen molar-refractivity contribution in [1.82, 2.24) is 15.1 Å². The van der Waals surface area contributed by atoms with Crippen LogP contribution in [0.2, 0.25) is 0 Å². The normalized spacial score (nSPS) is 15.2. The first-order valence-corrected chi connectivity index (χ1v) is 11.5. The van der Waals surface area contributed by atoms with Crippen LogP contribution in [0.4, 0.5) is 0 Å². The van der Waals surface area contributed by atoms with Gasteiger partial charge in [-0.1, -0.05) is 38.1 Å². The molecule has 0 fully saturated rings. The Hall–Kier alpha value is -4.00. The van der Waals surface area contributed by atoms with Gasteiger partial charge in [-0.3, -0.25) is 9.89 Å². The second-order valence-electron chi connectivity index (χ2n) is 8.90. The molecule has 0 saturated carbocycles. The van der Waals surface area contributed by atoms with E-state index >= 15 is 0 Å². The number of furan rings is 1. The molecule has 1 atom stereocenters. The lowest BCUT2D eigenvalue weighted by molar-refractivity contribution is 0.0716. The number of rotatable bonds is 8. The van der Waals surface area contributed by atoms with E-state index in [-0.39, 0.29) is 11.7 Å². The molecule has 3 heterocycles. The number of ether oxygens (including phenoxy) is 1. The second-order valence-corrected chi connectivity index (χ2v) is 8.90. The number of aromatic hydroxyl groups is 1. The largest absolute Gasteiger partial charge is 0.507 e. The van der Waals surface area contributed by atoms with Crippen LogP contribution in [-0.2, 0) is 6.54 Å². The summed E-state index contributed by atoms with van der Waals surface area (Å²) in [5.74, 6) is 1.93. The molecule has 1 aliphatic rings. The maximum atomic E-state index is 13.5. The molecule has 174 valence electrons. The molecule has 2 aromatic heterocycles. The highest BCUT2D eigenvalue weighted by molar-refractivity contribution is 6.00. The smallest absolute Gasteiger partial charge is 0.273 e. The van der Waals surface area contributed by atoms with Gasteiger partial charge in [-0.15, -0.1) is 0 Å². The molecule has 1 amide bonds. The molecular weight excluding hydrogens is 430 g/mol. The van der Waals surface area contributed by atoms with Crippen molar-refractivity contribution in [2.24, 2.45) is 5.92 Å². The zero-order chi connectivity index (χ0) is 23.7. The number of phenols is 1. The Balaban J connectivity index is 1.58. The molecule has 7 nitrogen and oxygen atoms in total. The van der Waals surface area contributed by atoms with E-state index in [4.69, 9.17) is 9.15 Å². The highest BCUT2D eigenvalue weighted by atomic mass is 16.5. The zero-order valence-corrected chi connectivity index (χ0v) is 19.2. The van der Waals surface area contributed by atoms with E-state index < -0.39 is 6.04 Å². The third-order valence-electron chi connectivity index (χ3n) is 6.07. The number of carbonyl (C=O) groups excluding carboxylic acids is 1. The quantitative estimate of drug-likeness (QED) is 0.362. The minimum atomic E-state index is -0.422. The molecule has 0 saturated heterocycles. The zero-order valence-electron chi connectivity index (χ0n) is 19.2. The number of hydrogen-bond donors (Lipinski definition) is 2. The van der Waals surface area contributed by atoms with Crippen molar-refractivity contribution < 1.29 is 19.1 Å². The maximum absolute atomic E-state index is 13.5. The maximum Gasteiger partial charge on any atom is 0.273 e. The van der Waals surface area contributed by atoms with E-state index in [1.807, 2.05) is 42.5 Å². The number of fused-ring (bicyclic) bond motifs is 1. The molecule has 7 heteroatoms. The number of benzene rings is 2. The highest BCUT2D eigenvalue weighted by Crippen LogP contribution is 2.45. The SMILES string of the molecule is CC(C)CCOc1cccc(C2c3c(-c4ccccc4O)n[nH]c3C(=O)N2Cc2ccco2)c1. The standard InChI is InChI=1S/C27H27N3O4/c1-17(2)12-14-34-19-8-5-7-18(15-19)26-23-24(21-10-3-4-11-22(21)31)28-29-25(23)27(32)30(26)16-20-9-6-13-33-20/h3-11,13,15,17,26,31H,12,14,16H2,1-2H3,(H,28,29). The Morgan fingerprint density at radius 2 is 2.00 bits per heavy atom. The summed E-state index contributed by atoms with van der Waals surface area (Å²) in [5, 5.41) is 17.9. The van der Waals surface area contributed by atoms with Gasteiger partial charge in [0.05, 0.1) is 25.5 Å². The topological polar surface area (TPSA) is 91.6 Å². The van der Waals surface area contributed by atoms with Crippen LogP contribution >= 0.6 is 0 Å². The average molecular weight is 458 g/mol. The highest BCUT2D eigenvalue weighted by Gasteiger charge is 2.43. The van der Waals surface area contributed by atoms with Crippen LogP contribution < -0.4 is 4.74 Å². The third-order valence-corrected chi connectivity index (χ3v) is 6.07. The van der Waals surface area contributed by atoms with Crippen molar-refractivity contribution in [1.29, 1.82) is 0 Å². The molecule has 4 aromatic rings. The van der Waals surface area contributed by atoms with Gasteiger partial charge in [0.25, 0.3) is 5.91 Å². The molecule has 2 aromatic carbocycles. The van der Waals surface area contributed by atoms with Crippen LogP contribution in [-0.4, -0.2) is 32.7 Å². The van der Waals surface area contributed by atoms with Crippen LogP contribution in [0.1, 0.15) is 53.7 Å². The summed E-state index contributed by atoms with van der Waals surface area (Å²) in [6.45, 7) is 5.26. The molecule has 2 N–H and O–H groups in total. The molecule has 0 radical (unpaired) electrons. The van der Waals surface area contributed by atoms with E-state index in [0.29, 0.717) is 41.8 Å². The Labute approximate surface area is 198 Å². The summed E-state index contributed by atoms with van der Waals surface area (Å²) >= 11 is 0. The minimum absolute atomic E-state index is 0.109. The van der Waals surface area contributed by atoms with Crippen molar-refractivity contribution in [3.63, 3.8) is 0 Å². The van der Waals surface area contributed by atoms with E-state index in [1.54, 1.807) is 29.4 Å². The van der Waals surface area contributed by atoms with E-state index in [1.165, 1.54) is 0 Å². The average Bonchev–Trinajstić information content (AvgIpc) is 3.54. The minimum Gasteiger partial charge on any atom is -0.507 e. The molecule has 0 aliphatic carbocycles. The van der Waals surface area contributed by atoms with Crippen LogP contribution in [0, 0.1) is 5.92 Å². The van der Waals surface area contributed by atoms with Crippen molar-refractivity contribution >= 4 is 5.91 Å². The fraction of sp³-hybridized carbons (Fsp3) is 0.259. The number of carbonyl (C=O) groups is 1. The van der Waals surface area contributed by atoms with Crippen molar-refractivity contribution in [2.75, 3.05) is 6.61 Å². The molecule has 0 spiro atoms. The summed E-state index contributed by atoms with van der Waals surface area (Å²) in [7, 11) is 0. The molecule has 1 aliphatic heterocycles. The summed E-state index contributed by atoms with van der Waals surface area (Å²) in [5.41, 5.74) is 3.18. The molecule has 34 heavy (non-hydrogen) atoms. The van der Waals surface area contributed by atoms with Gasteiger partial charge in [-0.05, 0) is 54.3 Å². The summed E-state index contributed by atoms with van der Waals surface area (Å²) < 4.78 is 11.6. The van der Waals surface area contributed by atoms with Gasteiger partial charge in [0.15, 0.2) is 0 Å². The number of H-pyrrole nitrogens is 1. The van der Waals surface area contributed by atoms with Gasteiger partial charge in [-0.2, -0.15) is 5.10 Å². The first kappa shape index (κ1) is 21.8. The Morgan fingerprint density at radius 3 is 2.76 bits per heavy atom. The Kier molecular flexibility index (Phi) is 5.84. The lowest BCUT2D eigenvalue weighted by Gasteiger charge is -2.26. The summed E-state index contributed by atoms with van der Waals surface area (Å²) in [6.07, 6.45) is 2.56. The van der Waals surface area contributed by atoms with Gasteiger partial charge >= 0.3 is 0 Å². The molecule has 0 bridgehead atoms. The Bertz CT molecular complexity index is 1290. The predicted molar refractivity (Wildman–Crippen MR) is 128 cm³/mol. The van der Waals surface area contributed by atoms with Crippen LogP contribution in [0.5, 0.6) is 11.5 Å². The van der Waals surface area contributed by atoms with Crippen molar-refractivity contribution in [2.45, 2.75) is 32.9 Å². The van der Waals surface area contributed by atoms with Gasteiger partial charge in [0.1, 0.15) is 28.6 Å². The van der Waals surface area contributed by atoms with Crippen LogP contribution in [0.15, 0.2) is 71.3 Å². The second kappa shape index (κ2) is 9.09. The van der Waals surface area contributed by atoms with Crippen LogP contribution in [0.3, 0.4) is 0 Å². The lowest BCUT2D eigenvalue weighted by Crippen LogP contribution is -2.29. The summed E-state index contributed by atoms with van der Waals surface area (Å²) in [4.78, 5) is 15.2. The third kappa shape index (κ3) is 4.05. The molecule has 1 unspecified atom stereocenters. The van der Waals surface area contributed by atoms with E-state index in [2.05, 4.69) is 24.0 Å². The van der Waals surface area contributed by atoms with Gasteiger partial charge in [0.2, 0.25) is 0 Å². The number of para-hydroxylation sites is 1. The molecule has 5 rings (SSSR count). The monoisotopic (exact) mass is 457 g/mol. The van der Waals surface area contributed by atoms with Crippen molar-refractivity contribution in [3.05, 3.63) is 89.5 Å². The lowest BCUT2D eigenvalue weighted by atomic mass is 9.95. The fourth-order valence-electron chi connectivity index (χ4n) is 4.34. The first-order valence-electron chi connectivity index (χ1n) is 11.5. The number of nitrogens with zero attached hydrogens (tertiary/aromatic N) is 2. The van der Waals surface area contributed by atoms with E-state index in [9.17, 15) is 9.90 Å². The van der Waals surface area contributed by atoms with Crippen molar-refractivity contribution in [3.8, 4) is 22.8 Å². The van der Waals surface area contributed by atoms with Gasteiger partial charge in [-0.25, -0.2) is 0 Å². The number of amides is 1. The number of nitrogens with one attached hydrogen (secondary N) is 1. The van der Waals surface area contributed by atoms with Crippen LogP contribution in [0.25, 0.3) is 11.3 Å². The number of aromatic amines is 1. The van der Waals surface area contributed by atoms with Gasteiger partial charge in [0, 0.05) is 11.1 Å². The summed E-state index contributed by atoms with van der Waals surface area (Å²) in [6, 6.07) is 18.1. The number of aromatic nitrogens is 2. The Morgan fingerprint density at radius 1 is 1.15 bits per heavy atom. The predicted octanol–water partition coefficient (Wildman–Crippen LogP) is 5.55.